The molecule has 0 saturated heterocycles. The fourth-order valence-corrected chi connectivity index (χ4v) is 2.30. The van der Waals surface area contributed by atoms with Crippen molar-refractivity contribution in [3.63, 3.8) is 0 Å². The maximum atomic E-state index is 11.9. The molecule has 19 heavy (non-hydrogen) atoms. The SMILES string of the molecule is CCOC(=O)c1nn(-c2ccccc2)c2c1CNC2. The third kappa shape index (κ3) is 2.02. The van der Waals surface area contributed by atoms with Gasteiger partial charge in [0.15, 0.2) is 5.69 Å². The highest BCUT2D eigenvalue weighted by Crippen LogP contribution is 2.23. The first-order valence-electron chi connectivity index (χ1n) is 6.35. The van der Waals surface area contributed by atoms with Gasteiger partial charge in [0.1, 0.15) is 0 Å². The summed E-state index contributed by atoms with van der Waals surface area (Å²) < 4.78 is 6.88. The van der Waals surface area contributed by atoms with Gasteiger partial charge in [0.25, 0.3) is 0 Å². The van der Waals surface area contributed by atoms with E-state index < -0.39 is 0 Å². The topological polar surface area (TPSA) is 56.1 Å². The number of carbonyl (C=O) groups is 1. The van der Waals surface area contributed by atoms with Gasteiger partial charge >= 0.3 is 5.97 Å². The van der Waals surface area contributed by atoms with E-state index in [0.717, 1.165) is 23.5 Å². The Morgan fingerprint density at radius 2 is 2.16 bits per heavy atom. The zero-order valence-corrected chi connectivity index (χ0v) is 10.7. The highest BCUT2D eigenvalue weighted by Gasteiger charge is 2.27. The molecule has 1 N–H and O–H groups in total. The van der Waals surface area contributed by atoms with Crippen molar-refractivity contribution in [2.75, 3.05) is 6.61 Å². The first-order valence-corrected chi connectivity index (χ1v) is 6.35. The van der Waals surface area contributed by atoms with Crippen LogP contribution in [0.3, 0.4) is 0 Å². The summed E-state index contributed by atoms with van der Waals surface area (Å²) in [4.78, 5) is 11.9. The van der Waals surface area contributed by atoms with Gasteiger partial charge in [-0.15, -0.1) is 0 Å². The van der Waals surface area contributed by atoms with Crippen LogP contribution in [0.25, 0.3) is 5.69 Å². The molecule has 1 aliphatic rings. The van der Waals surface area contributed by atoms with Crippen molar-refractivity contribution in [3.05, 3.63) is 47.3 Å². The quantitative estimate of drug-likeness (QED) is 0.849. The summed E-state index contributed by atoms with van der Waals surface area (Å²) in [6, 6.07) is 9.81. The minimum atomic E-state index is -0.350. The molecule has 1 aliphatic heterocycles. The van der Waals surface area contributed by atoms with Crippen molar-refractivity contribution >= 4 is 5.97 Å². The Balaban J connectivity index is 2.08. The van der Waals surface area contributed by atoms with Crippen molar-refractivity contribution in [3.8, 4) is 5.69 Å². The molecule has 3 rings (SSSR count). The van der Waals surface area contributed by atoms with Gasteiger partial charge in [0.05, 0.1) is 18.0 Å². The molecule has 98 valence electrons. The third-order valence-corrected chi connectivity index (χ3v) is 3.15. The Bertz CT molecular complexity index is 605. The zero-order chi connectivity index (χ0) is 13.2. The minimum Gasteiger partial charge on any atom is -0.461 e. The predicted octanol–water partition coefficient (Wildman–Crippen LogP) is 1.65. The fourth-order valence-electron chi connectivity index (χ4n) is 2.30. The average Bonchev–Trinajstić information content (AvgIpc) is 3.01. The monoisotopic (exact) mass is 257 g/mol. The second-order valence-electron chi connectivity index (χ2n) is 4.35. The Morgan fingerprint density at radius 3 is 2.89 bits per heavy atom. The van der Waals surface area contributed by atoms with Crippen LogP contribution < -0.4 is 5.32 Å². The molecule has 0 atom stereocenters. The predicted molar refractivity (Wildman–Crippen MR) is 70.1 cm³/mol. The summed E-state index contributed by atoms with van der Waals surface area (Å²) >= 11 is 0. The number of nitrogens with one attached hydrogen (secondary N) is 1. The Morgan fingerprint density at radius 1 is 1.37 bits per heavy atom. The highest BCUT2D eigenvalue weighted by molar-refractivity contribution is 5.89. The number of hydrogen-bond acceptors (Lipinski definition) is 4. The molecule has 5 heteroatoms. The van der Waals surface area contributed by atoms with E-state index in [2.05, 4.69) is 10.4 Å². The van der Waals surface area contributed by atoms with E-state index in [1.807, 2.05) is 35.0 Å². The van der Waals surface area contributed by atoms with Gasteiger partial charge in [0.2, 0.25) is 0 Å². The molecule has 1 aromatic carbocycles. The zero-order valence-electron chi connectivity index (χ0n) is 10.7. The third-order valence-electron chi connectivity index (χ3n) is 3.15. The maximum absolute atomic E-state index is 11.9. The van der Waals surface area contributed by atoms with Crippen molar-refractivity contribution in [1.82, 2.24) is 15.1 Å². The van der Waals surface area contributed by atoms with E-state index in [-0.39, 0.29) is 5.97 Å². The number of ether oxygens (including phenoxy) is 1. The second kappa shape index (κ2) is 4.85. The van der Waals surface area contributed by atoms with Crippen LogP contribution in [0.15, 0.2) is 30.3 Å². The van der Waals surface area contributed by atoms with Crippen LogP contribution in [0.1, 0.15) is 28.7 Å². The highest BCUT2D eigenvalue weighted by atomic mass is 16.5. The summed E-state index contributed by atoms with van der Waals surface area (Å²) in [5.41, 5.74) is 3.36. The normalized spacial score (nSPS) is 13.3. The van der Waals surface area contributed by atoms with E-state index >= 15 is 0 Å². The average molecular weight is 257 g/mol. The van der Waals surface area contributed by atoms with E-state index in [1.165, 1.54) is 0 Å². The van der Waals surface area contributed by atoms with Gasteiger partial charge < -0.3 is 10.1 Å². The summed E-state index contributed by atoms with van der Waals surface area (Å²) in [5.74, 6) is -0.350. The standard InChI is InChI=1S/C14H15N3O2/c1-2-19-14(18)13-11-8-15-9-12(11)17(16-13)10-6-4-3-5-7-10/h3-7,15H,2,8-9H2,1H3. The number of benzene rings is 1. The molecule has 0 fully saturated rings. The van der Waals surface area contributed by atoms with Gasteiger partial charge in [-0.3, -0.25) is 0 Å². The number of esters is 1. The van der Waals surface area contributed by atoms with Gasteiger partial charge in [0, 0.05) is 18.7 Å². The number of carbonyl (C=O) groups excluding carboxylic acids is 1. The van der Waals surface area contributed by atoms with Gasteiger partial charge in [-0.05, 0) is 19.1 Å². The van der Waals surface area contributed by atoms with E-state index in [9.17, 15) is 4.79 Å². The van der Waals surface area contributed by atoms with Crippen molar-refractivity contribution in [1.29, 1.82) is 0 Å². The van der Waals surface area contributed by atoms with Gasteiger partial charge in [-0.2, -0.15) is 5.10 Å². The molecule has 1 aromatic heterocycles. The lowest BCUT2D eigenvalue weighted by Gasteiger charge is -2.04. The van der Waals surface area contributed by atoms with E-state index in [4.69, 9.17) is 4.74 Å². The summed E-state index contributed by atoms with van der Waals surface area (Å²) in [5, 5.41) is 7.67. The van der Waals surface area contributed by atoms with E-state index in [0.29, 0.717) is 18.8 Å². The Hall–Kier alpha value is -2.14. The molecule has 0 spiro atoms. The lowest BCUT2D eigenvalue weighted by atomic mass is 10.2. The van der Waals surface area contributed by atoms with Crippen LogP contribution in [-0.4, -0.2) is 22.4 Å². The van der Waals surface area contributed by atoms with E-state index in [1.54, 1.807) is 6.92 Å². The van der Waals surface area contributed by atoms with Crippen LogP contribution in [0, 0.1) is 0 Å². The molecule has 2 heterocycles. The lowest BCUT2D eigenvalue weighted by molar-refractivity contribution is 0.0517. The first kappa shape index (κ1) is 11.9. The minimum absolute atomic E-state index is 0.350. The summed E-state index contributed by atoms with van der Waals surface area (Å²) in [6.07, 6.45) is 0. The van der Waals surface area contributed by atoms with Crippen LogP contribution in [0.4, 0.5) is 0 Å². The van der Waals surface area contributed by atoms with Crippen LogP contribution in [0.2, 0.25) is 0 Å². The lowest BCUT2D eigenvalue weighted by Crippen LogP contribution is -2.12. The van der Waals surface area contributed by atoms with Crippen LogP contribution >= 0.6 is 0 Å². The number of nitrogens with zero attached hydrogens (tertiary/aromatic N) is 2. The van der Waals surface area contributed by atoms with Gasteiger partial charge in [-0.25, -0.2) is 9.48 Å². The molecular weight excluding hydrogens is 242 g/mol. The Kier molecular flexibility index (Phi) is 3.05. The van der Waals surface area contributed by atoms with Crippen LogP contribution in [0.5, 0.6) is 0 Å². The van der Waals surface area contributed by atoms with Crippen molar-refractivity contribution in [2.45, 2.75) is 20.0 Å². The number of rotatable bonds is 3. The fraction of sp³-hybridized carbons (Fsp3) is 0.286. The number of hydrogen-bond donors (Lipinski definition) is 1. The number of aromatic nitrogens is 2. The number of fused-ring (bicyclic) bond motifs is 1. The summed E-state index contributed by atoms with van der Waals surface area (Å²) in [7, 11) is 0. The smallest absolute Gasteiger partial charge is 0.359 e. The van der Waals surface area contributed by atoms with Crippen molar-refractivity contribution < 1.29 is 9.53 Å². The number of para-hydroxylation sites is 1. The molecular formula is C14H15N3O2. The molecule has 0 radical (unpaired) electrons. The molecule has 5 nitrogen and oxygen atoms in total. The molecule has 0 saturated carbocycles. The largest absolute Gasteiger partial charge is 0.461 e. The van der Waals surface area contributed by atoms with Crippen molar-refractivity contribution in [2.24, 2.45) is 0 Å². The Labute approximate surface area is 111 Å². The molecule has 0 aliphatic carbocycles. The molecule has 0 bridgehead atoms. The van der Waals surface area contributed by atoms with Crippen LogP contribution in [-0.2, 0) is 17.8 Å². The second-order valence-corrected chi connectivity index (χ2v) is 4.35. The molecule has 2 aromatic rings. The first-order chi connectivity index (χ1) is 9.31. The molecule has 0 amide bonds. The maximum Gasteiger partial charge on any atom is 0.359 e. The molecule has 0 unspecified atom stereocenters. The van der Waals surface area contributed by atoms with Gasteiger partial charge in [-0.1, -0.05) is 18.2 Å². The summed E-state index contributed by atoms with van der Waals surface area (Å²) in [6.45, 7) is 3.54.